The summed E-state index contributed by atoms with van der Waals surface area (Å²) in [6.45, 7) is 4.51. The first-order valence-electron chi connectivity index (χ1n) is 6.21. The number of alkyl halides is 1. The number of nitrogens with zero attached hydrogens (tertiary/aromatic N) is 1. The molecule has 0 saturated carbocycles. The summed E-state index contributed by atoms with van der Waals surface area (Å²) in [5.41, 5.74) is 0. The summed E-state index contributed by atoms with van der Waals surface area (Å²) in [4.78, 5) is 14.2. The van der Waals surface area contributed by atoms with Crippen molar-refractivity contribution in [2.24, 2.45) is 0 Å². The number of rotatable bonds is 6. The summed E-state index contributed by atoms with van der Waals surface area (Å²) in [5.74, 6) is 0.573. The van der Waals surface area contributed by atoms with Gasteiger partial charge in [0.05, 0.1) is 0 Å². The Kier molecular flexibility index (Phi) is 6.66. The Labute approximate surface area is 128 Å². The van der Waals surface area contributed by atoms with Crippen LogP contribution >= 0.6 is 27.5 Å². The minimum absolute atomic E-state index is 0.0341. The second kappa shape index (κ2) is 7.75. The summed E-state index contributed by atoms with van der Waals surface area (Å²) in [7, 11) is 1.79. The Morgan fingerprint density at radius 1 is 1.47 bits per heavy atom. The number of carbonyl (C=O) groups excluding carboxylic acids is 1. The summed E-state index contributed by atoms with van der Waals surface area (Å²) >= 11 is 9.34. The molecule has 0 radical (unpaired) electrons. The molecule has 0 aliphatic heterocycles. The van der Waals surface area contributed by atoms with Crippen molar-refractivity contribution < 1.29 is 9.53 Å². The summed E-state index contributed by atoms with van der Waals surface area (Å²) in [5, 5.41) is 0.596. The molecule has 19 heavy (non-hydrogen) atoms. The number of hydrogen-bond acceptors (Lipinski definition) is 2. The van der Waals surface area contributed by atoms with Crippen molar-refractivity contribution in [1.82, 2.24) is 4.90 Å². The quantitative estimate of drug-likeness (QED) is 0.733. The lowest BCUT2D eigenvalue weighted by molar-refractivity contribution is -0.136. The first kappa shape index (κ1) is 16.3. The van der Waals surface area contributed by atoms with Crippen molar-refractivity contribution in [3.63, 3.8) is 0 Å². The maximum atomic E-state index is 12.1. The van der Waals surface area contributed by atoms with Crippen molar-refractivity contribution in [2.45, 2.75) is 31.2 Å². The number of benzene rings is 1. The molecule has 0 N–H and O–H groups in total. The number of halogens is 2. The molecule has 1 rings (SSSR count). The summed E-state index contributed by atoms with van der Waals surface area (Å²) in [6, 6.07) is 7.05. The van der Waals surface area contributed by atoms with Crippen molar-refractivity contribution in [1.29, 1.82) is 0 Å². The molecule has 1 aromatic carbocycles. The van der Waals surface area contributed by atoms with Gasteiger partial charge in [0.25, 0.3) is 5.91 Å². The Morgan fingerprint density at radius 2 is 2.16 bits per heavy atom. The number of hydrogen-bond donors (Lipinski definition) is 0. The van der Waals surface area contributed by atoms with E-state index in [4.69, 9.17) is 16.3 Å². The average molecular weight is 349 g/mol. The molecule has 1 amide bonds. The third-order valence-corrected chi connectivity index (χ3v) is 3.39. The molecular weight excluding hydrogens is 330 g/mol. The van der Waals surface area contributed by atoms with Gasteiger partial charge in [-0.3, -0.25) is 4.79 Å². The molecule has 1 aromatic rings. The molecule has 0 aliphatic rings. The minimum Gasteiger partial charge on any atom is -0.481 e. The van der Waals surface area contributed by atoms with Crippen LogP contribution in [0.3, 0.4) is 0 Å². The Hall–Kier alpha value is -0.740. The van der Waals surface area contributed by atoms with Gasteiger partial charge in [-0.2, -0.15) is 0 Å². The first-order chi connectivity index (χ1) is 8.90. The molecule has 0 aliphatic carbocycles. The van der Waals surface area contributed by atoms with Crippen molar-refractivity contribution in [3.05, 3.63) is 29.3 Å². The highest BCUT2D eigenvalue weighted by Gasteiger charge is 2.19. The van der Waals surface area contributed by atoms with Crippen molar-refractivity contribution in [3.8, 4) is 5.75 Å². The van der Waals surface area contributed by atoms with Gasteiger partial charge in [0.1, 0.15) is 5.75 Å². The molecule has 2 atom stereocenters. The Balaban J connectivity index is 2.52. The summed E-state index contributed by atoms with van der Waals surface area (Å²) in [6.07, 6.45) is 0.390. The second-order valence-corrected chi connectivity index (χ2v) is 6.55. The van der Waals surface area contributed by atoms with Gasteiger partial charge >= 0.3 is 0 Å². The molecular formula is C14H19BrClNO2. The van der Waals surface area contributed by atoms with Crippen LogP contribution < -0.4 is 4.74 Å². The van der Waals surface area contributed by atoms with Gasteiger partial charge in [-0.1, -0.05) is 40.5 Å². The number of amides is 1. The van der Waals surface area contributed by atoms with Crippen LogP contribution in [0.25, 0.3) is 0 Å². The first-order valence-corrected chi connectivity index (χ1v) is 7.50. The van der Waals surface area contributed by atoms with Gasteiger partial charge in [0, 0.05) is 23.4 Å². The van der Waals surface area contributed by atoms with Crippen LogP contribution in [0.5, 0.6) is 5.75 Å². The van der Waals surface area contributed by atoms with E-state index in [1.165, 1.54) is 0 Å². The fourth-order valence-electron chi connectivity index (χ4n) is 1.59. The Bertz CT molecular complexity index is 426. The van der Waals surface area contributed by atoms with Crippen LogP contribution in [0.2, 0.25) is 5.02 Å². The van der Waals surface area contributed by atoms with E-state index >= 15 is 0 Å². The monoisotopic (exact) mass is 347 g/mol. The van der Waals surface area contributed by atoms with Gasteiger partial charge in [-0.25, -0.2) is 0 Å². The van der Waals surface area contributed by atoms with E-state index in [1.807, 2.05) is 0 Å². The highest BCUT2D eigenvalue weighted by Crippen LogP contribution is 2.18. The number of ether oxygens (including phenoxy) is 1. The third kappa shape index (κ3) is 5.83. The van der Waals surface area contributed by atoms with E-state index in [2.05, 4.69) is 22.9 Å². The molecule has 2 unspecified atom stereocenters. The average Bonchev–Trinajstić information content (AvgIpc) is 2.34. The van der Waals surface area contributed by atoms with Crippen molar-refractivity contribution >= 4 is 33.4 Å². The zero-order chi connectivity index (χ0) is 14.4. The second-order valence-electron chi connectivity index (χ2n) is 4.55. The largest absolute Gasteiger partial charge is 0.481 e. The molecule has 0 spiro atoms. The summed E-state index contributed by atoms with van der Waals surface area (Å²) < 4.78 is 5.60. The van der Waals surface area contributed by atoms with E-state index in [0.29, 0.717) is 22.1 Å². The minimum atomic E-state index is -0.519. The predicted octanol–water partition coefficient (Wildman–Crippen LogP) is 3.74. The van der Waals surface area contributed by atoms with E-state index in [0.717, 1.165) is 6.42 Å². The van der Waals surface area contributed by atoms with Crippen LogP contribution in [0, 0.1) is 0 Å². The zero-order valence-electron chi connectivity index (χ0n) is 11.4. The van der Waals surface area contributed by atoms with E-state index in [9.17, 15) is 4.79 Å². The van der Waals surface area contributed by atoms with E-state index in [1.54, 1.807) is 43.1 Å². The van der Waals surface area contributed by atoms with Crippen LogP contribution in [0.1, 0.15) is 20.3 Å². The standard InChI is InChI=1S/C14H19BrClNO2/c1-10(15)7-8-17(3)14(18)11(2)19-13-6-4-5-12(16)9-13/h4-6,9-11H,7-8H2,1-3H3. The van der Waals surface area contributed by atoms with E-state index < -0.39 is 6.10 Å². The molecule has 0 fully saturated rings. The highest BCUT2D eigenvalue weighted by atomic mass is 79.9. The Morgan fingerprint density at radius 3 is 2.74 bits per heavy atom. The van der Waals surface area contributed by atoms with Crippen molar-refractivity contribution in [2.75, 3.05) is 13.6 Å². The molecule has 106 valence electrons. The normalized spacial score (nSPS) is 13.7. The lowest BCUT2D eigenvalue weighted by Crippen LogP contribution is -2.38. The highest BCUT2D eigenvalue weighted by molar-refractivity contribution is 9.09. The lowest BCUT2D eigenvalue weighted by Gasteiger charge is -2.22. The maximum Gasteiger partial charge on any atom is 0.263 e. The van der Waals surface area contributed by atoms with Crippen LogP contribution in [0.4, 0.5) is 0 Å². The molecule has 0 heterocycles. The zero-order valence-corrected chi connectivity index (χ0v) is 13.7. The van der Waals surface area contributed by atoms with Gasteiger partial charge in [-0.05, 0) is 31.5 Å². The fraction of sp³-hybridized carbons (Fsp3) is 0.500. The van der Waals surface area contributed by atoms with E-state index in [-0.39, 0.29) is 5.91 Å². The smallest absolute Gasteiger partial charge is 0.263 e. The topological polar surface area (TPSA) is 29.5 Å². The molecule has 0 aromatic heterocycles. The van der Waals surface area contributed by atoms with Gasteiger partial charge < -0.3 is 9.64 Å². The lowest BCUT2D eigenvalue weighted by atomic mass is 10.3. The number of carbonyl (C=O) groups is 1. The van der Waals surface area contributed by atoms with Crippen LogP contribution in [-0.2, 0) is 4.79 Å². The predicted molar refractivity (Wildman–Crippen MR) is 82.2 cm³/mol. The van der Waals surface area contributed by atoms with Gasteiger partial charge in [0.2, 0.25) is 0 Å². The van der Waals surface area contributed by atoms with Gasteiger partial charge in [0.15, 0.2) is 6.10 Å². The number of likely N-dealkylation sites (N-methyl/N-ethyl adjacent to an activating group) is 1. The SMILES string of the molecule is CC(Br)CCN(C)C(=O)C(C)Oc1cccc(Cl)c1. The van der Waals surface area contributed by atoms with Crippen LogP contribution in [0.15, 0.2) is 24.3 Å². The van der Waals surface area contributed by atoms with Gasteiger partial charge in [-0.15, -0.1) is 0 Å². The maximum absolute atomic E-state index is 12.1. The molecule has 3 nitrogen and oxygen atoms in total. The third-order valence-electron chi connectivity index (χ3n) is 2.70. The van der Waals surface area contributed by atoms with Crippen LogP contribution in [-0.4, -0.2) is 35.3 Å². The molecule has 0 saturated heterocycles. The fourth-order valence-corrected chi connectivity index (χ4v) is 1.97. The molecule has 5 heteroatoms. The molecule has 0 bridgehead atoms.